The highest BCUT2D eigenvalue weighted by molar-refractivity contribution is 5.58. The Balaban J connectivity index is 1.63. The van der Waals surface area contributed by atoms with Crippen molar-refractivity contribution in [3.63, 3.8) is 0 Å². The molecule has 4 rings (SSSR count). The van der Waals surface area contributed by atoms with E-state index in [2.05, 4.69) is 45.0 Å². The predicted octanol–water partition coefficient (Wildman–Crippen LogP) is 3.54. The SMILES string of the molecule is CC(C)c1cc(N(C)Cc2cc(-c3ccncc3)no2)n2nccc2n1. The Morgan fingerprint density at radius 2 is 1.92 bits per heavy atom. The van der Waals surface area contributed by atoms with Gasteiger partial charge in [0.05, 0.1) is 12.7 Å². The van der Waals surface area contributed by atoms with Crippen LogP contribution in [0.4, 0.5) is 5.82 Å². The summed E-state index contributed by atoms with van der Waals surface area (Å²) in [7, 11) is 2.01. The van der Waals surface area contributed by atoms with Gasteiger partial charge in [-0.1, -0.05) is 19.0 Å². The van der Waals surface area contributed by atoms with Gasteiger partial charge in [0, 0.05) is 48.9 Å². The topological polar surface area (TPSA) is 72.4 Å². The number of hydrogen-bond donors (Lipinski definition) is 0. The Labute approximate surface area is 151 Å². The lowest BCUT2D eigenvalue weighted by atomic mass is 10.1. The normalized spacial score (nSPS) is 11.4. The van der Waals surface area contributed by atoms with Gasteiger partial charge in [0.15, 0.2) is 11.4 Å². The number of anilines is 1. The Morgan fingerprint density at radius 1 is 1.12 bits per heavy atom. The van der Waals surface area contributed by atoms with E-state index in [0.29, 0.717) is 12.5 Å². The van der Waals surface area contributed by atoms with Crippen molar-refractivity contribution in [1.29, 1.82) is 0 Å². The highest BCUT2D eigenvalue weighted by Crippen LogP contribution is 2.24. The number of aromatic nitrogens is 5. The molecule has 0 aliphatic carbocycles. The van der Waals surface area contributed by atoms with Crippen LogP contribution in [0, 0.1) is 0 Å². The monoisotopic (exact) mass is 348 g/mol. The molecular formula is C19H20N6O. The third-order valence-corrected chi connectivity index (χ3v) is 4.27. The van der Waals surface area contributed by atoms with E-state index < -0.39 is 0 Å². The first-order valence-electron chi connectivity index (χ1n) is 8.53. The summed E-state index contributed by atoms with van der Waals surface area (Å²) in [6.45, 7) is 4.85. The van der Waals surface area contributed by atoms with E-state index in [1.165, 1.54) is 0 Å². The van der Waals surface area contributed by atoms with Crippen molar-refractivity contribution < 1.29 is 4.52 Å². The second kappa shape index (κ2) is 6.59. The van der Waals surface area contributed by atoms with Crippen molar-refractivity contribution in [2.75, 3.05) is 11.9 Å². The van der Waals surface area contributed by atoms with E-state index >= 15 is 0 Å². The Bertz CT molecular complexity index is 1020. The van der Waals surface area contributed by atoms with Crippen molar-refractivity contribution in [3.05, 3.63) is 60.4 Å². The summed E-state index contributed by atoms with van der Waals surface area (Å²) in [5, 5.41) is 8.56. The average molecular weight is 348 g/mol. The van der Waals surface area contributed by atoms with Gasteiger partial charge >= 0.3 is 0 Å². The fourth-order valence-electron chi connectivity index (χ4n) is 2.84. The van der Waals surface area contributed by atoms with Gasteiger partial charge in [0.25, 0.3) is 0 Å². The van der Waals surface area contributed by atoms with Gasteiger partial charge in [-0.3, -0.25) is 4.98 Å². The van der Waals surface area contributed by atoms with E-state index in [0.717, 1.165) is 34.2 Å². The van der Waals surface area contributed by atoms with E-state index in [1.54, 1.807) is 18.6 Å². The van der Waals surface area contributed by atoms with Crippen LogP contribution < -0.4 is 4.90 Å². The van der Waals surface area contributed by atoms with Crippen LogP contribution >= 0.6 is 0 Å². The van der Waals surface area contributed by atoms with Gasteiger partial charge in [0.2, 0.25) is 0 Å². The fraction of sp³-hybridized carbons (Fsp3) is 0.263. The molecule has 7 nitrogen and oxygen atoms in total. The summed E-state index contributed by atoms with van der Waals surface area (Å²) in [6.07, 6.45) is 5.25. The molecule has 4 heterocycles. The molecule has 26 heavy (non-hydrogen) atoms. The third kappa shape index (κ3) is 3.03. The molecule has 4 aromatic rings. The number of pyridine rings is 1. The van der Waals surface area contributed by atoms with Gasteiger partial charge in [-0.05, 0) is 18.1 Å². The lowest BCUT2D eigenvalue weighted by Gasteiger charge is -2.20. The molecule has 0 saturated carbocycles. The van der Waals surface area contributed by atoms with Crippen molar-refractivity contribution in [2.24, 2.45) is 0 Å². The van der Waals surface area contributed by atoms with E-state index in [4.69, 9.17) is 4.52 Å². The smallest absolute Gasteiger partial charge is 0.157 e. The molecule has 4 aromatic heterocycles. The molecule has 0 amide bonds. The molecule has 0 aromatic carbocycles. The van der Waals surface area contributed by atoms with Crippen LogP contribution in [0.15, 0.2) is 53.4 Å². The Hall–Kier alpha value is -3.22. The summed E-state index contributed by atoms with van der Waals surface area (Å²) in [4.78, 5) is 10.8. The summed E-state index contributed by atoms with van der Waals surface area (Å²) < 4.78 is 7.36. The molecule has 0 spiro atoms. The van der Waals surface area contributed by atoms with E-state index in [9.17, 15) is 0 Å². The minimum absolute atomic E-state index is 0.339. The Kier molecular flexibility index (Phi) is 4.12. The van der Waals surface area contributed by atoms with Crippen LogP contribution in [0.25, 0.3) is 16.9 Å². The second-order valence-electron chi connectivity index (χ2n) is 6.57. The molecule has 0 aliphatic heterocycles. The molecule has 0 fully saturated rings. The van der Waals surface area contributed by atoms with Gasteiger partial charge < -0.3 is 9.42 Å². The molecule has 0 unspecified atom stereocenters. The van der Waals surface area contributed by atoms with Crippen molar-refractivity contribution >= 4 is 11.5 Å². The maximum absolute atomic E-state index is 5.53. The minimum Gasteiger partial charge on any atom is -0.359 e. The molecule has 0 N–H and O–H groups in total. The van der Waals surface area contributed by atoms with Gasteiger partial charge in [-0.25, -0.2) is 4.98 Å². The zero-order valence-electron chi connectivity index (χ0n) is 15.0. The first-order valence-corrected chi connectivity index (χ1v) is 8.53. The number of hydrogen-bond acceptors (Lipinski definition) is 6. The molecule has 132 valence electrons. The molecule has 0 saturated heterocycles. The minimum atomic E-state index is 0.339. The summed E-state index contributed by atoms with van der Waals surface area (Å²) in [5.74, 6) is 2.08. The number of rotatable bonds is 5. The zero-order valence-corrected chi connectivity index (χ0v) is 15.0. The number of nitrogens with zero attached hydrogens (tertiary/aromatic N) is 6. The van der Waals surface area contributed by atoms with E-state index in [-0.39, 0.29) is 0 Å². The fourth-order valence-corrected chi connectivity index (χ4v) is 2.84. The molecular weight excluding hydrogens is 328 g/mol. The number of fused-ring (bicyclic) bond motifs is 1. The summed E-state index contributed by atoms with van der Waals surface area (Å²) in [5.41, 5.74) is 3.67. The molecule has 0 aliphatic rings. The van der Waals surface area contributed by atoms with Crippen LogP contribution in [0.3, 0.4) is 0 Å². The third-order valence-electron chi connectivity index (χ3n) is 4.27. The first-order chi connectivity index (χ1) is 12.6. The van der Waals surface area contributed by atoms with E-state index in [1.807, 2.05) is 35.8 Å². The lowest BCUT2D eigenvalue weighted by Crippen LogP contribution is -2.20. The average Bonchev–Trinajstić information content (AvgIpc) is 3.30. The summed E-state index contributed by atoms with van der Waals surface area (Å²) >= 11 is 0. The molecule has 0 radical (unpaired) electrons. The highest BCUT2D eigenvalue weighted by atomic mass is 16.5. The van der Waals surface area contributed by atoms with Gasteiger partial charge in [-0.2, -0.15) is 9.61 Å². The zero-order chi connectivity index (χ0) is 18.1. The van der Waals surface area contributed by atoms with Crippen LogP contribution in [-0.4, -0.2) is 31.8 Å². The first kappa shape index (κ1) is 16.3. The van der Waals surface area contributed by atoms with Crippen molar-refractivity contribution in [1.82, 2.24) is 24.7 Å². The standard InChI is InChI=1S/C19H20N6O/c1-13(2)16-11-19(25-18(22-16)6-9-21-25)24(3)12-15-10-17(23-26-15)14-4-7-20-8-5-14/h4-11,13H,12H2,1-3H3. The Morgan fingerprint density at radius 3 is 2.69 bits per heavy atom. The van der Waals surface area contributed by atoms with Crippen molar-refractivity contribution in [3.8, 4) is 11.3 Å². The quantitative estimate of drug-likeness (QED) is 0.549. The van der Waals surface area contributed by atoms with Crippen LogP contribution in [0.2, 0.25) is 0 Å². The lowest BCUT2D eigenvalue weighted by molar-refractivity contribution is 0.384. The van der Waals surface area contributed by atoms with Crippen LogP contribution in [0.5, 0.6) is 0 Å². The van der Waals surface area contributed by atoms with Crippen molar-refractivity contribution in [2.45, 2.75) is 26.3 Å². The largest absolute Gasteiger partial charge is 0.359 e. The second-order valence-corrected chi connectivity index (χ2v) is 6.57. The maximum atomic E-state index is 5.53. The molecule has 0 bridgehead atoms. The highest BCUT2D eigenvalue weighted by Gasteiger charge is 2.15. The maximum Gasteiger partial charge on any atom is 0.157 e. The van der Waals surface area contributed by atoms with Gasteiger partial charge in [0.1, 0.15) is 11.5 Å². The van der Waals surface area contributed by atoms with Gasteiger partial charge in [-0.15, -0.1) is 0 Å². The predicted molar refractivity (Wildman–Crippen MR) is 98.9 cm³/mol. The molecule has 7 heteroatoms. The van der Waals surface area contributed by atoms with Crippen LogP contribution in [0.1, 0.15) is 31.2 Å². The molecule has 0 atom stereocenters. The van der Waals surface area contributed by atoms with Crippen LogP contribution in [-0.2, 0) is 6.54 Å². The summed E-state index contributed by atoms with van der Waals surface area (Å²) in [6, 6.07) is 9.77.